The molecule has 0 saturated heterocycles. The van der Waals surface area contributed by atoms with Crippen LogP contribution in [0.15, 0.2) is 47.1 Å². The molecule has 28 heavy (non-hydrogen) atoms. The first-order chi connectivity index (χ1) is 13.4. The molecule has 0 saturated carbocycles. The molecule has 3 aromatic rings. The minimum absolute atomic E-state index is 0.0884. The van der Waals surface area contributed by atoms with Crippen molar-refractivity contribution in [3.8, 4) is 5.82 Å². The molecule has 142 valence electrons. The Bertz CT molecular complexity index is 1090. The Labute approximate surface area is 170 Å². The van der Waals surface area contributed by atoms with E-state index in [9.17, 15) is 9.59 Å². The number of nitrogens with zero attached hydrogens (tertiary/aromatic N) is 3. The van der Waals surface area contributed by atoms with Gasteiger partial charge in [-0.2, -0.15) is 9.78 Å². The highest BCUT2D eigenvalue weighted by atomic mass is 79.9. The lowest BCUT2D eigenvalue weighted by Crippen LogP contribution is -2.31. The normalized spacial score (nSPS) is 15.7. The number of nitrogens with one attached hydrogen (secondary N) is 2. The molecule has 1 atom stereocenters. The third-order valence-corrected chi connectivity index (χ3v) is 5.06. The van der Waals surface area contributed by atoms with Crippen LogP contribution in [0.3, 0.4) is 0 Å². The van der Waals surface area contributed by atoms with Crippen molar-refractivity contribution in [3.05, 3.63) is 63.9 Å². The predicted molar refractivity (Wildman–Crippen MR) is 110 cm³/mol. The first-order valence-corrected chi connectivity index (χ1v) is 9.60. The summed E-state index contributed by atoms with van der Waals surface area (Å²) in [6, 6.07) is 11.1. The van der Waals surface area contributed by atoms with Gasteiger partial charge in [0.1, 0.15) is 5.82 Å². The standard InChI is InChI=1S/C20H18BrN5O2/c1-11-5-6-22-17(7-11)26-18(8-12(2)25-26)24-20(28)15-10-19(27)23-16-4-3-13(21)9-14(15)16/h3-9,15H,10H2,1-2H3,(H,23,27)(H,24,28). The van der Waals surface area contributed by atoms with Gasteiger partial charge < -0.3 is 10.6 Å². The van der Waals surface area contributed by atoms with Crippen molar-refractivity contribution in [2.24, 2.45) is 0 Å². The second-order valence-electron chi connectivity index (χ2n) is 6.80. The maximum absolute atomic E-state index is 13.1. The van der Waals surface area contributed by atoms with Gasteiger partial charge in [-0.25, -0.2) is 4.98 Å². The molecule has 1 aliphatic heterocycles. The fourth-order valence-corrected chi connectivity index (χ4v) is 3.66. The van der Waals surface area contributed by atoms with E-state index in [1.807, 2.05) is 38.1 Å². The van der Waals surface area contributed by atoms with Crippen LogP contribution in [0.4, 0.5) is 11.5 Å². The van der Waals surface area contributed by atoms with E-state index in [1.165, 1.54) is 0 Å². The Kier molecular flexibility index (Phi) is 4.72. The topological polar surface area (TPSA) is 88.9 Å². The Balaban J connectivity index is 1.67. The van der Waals surface area contributed by atoms with Crippen molar-refractivity contribution < 1.29 is 9.59 Å². The van der Waals surface area contributed by atoms with Gasteiger partial charge >= 0.3 is 0 Å². The van der Waals surface area contributed by atoms with E-state index in [-0.39, 0.29) is 18.2 Å². The summed E-state index contributed by atoms with van der Waals surface area (Å²) >= 11 is 3.43. The first-order valence-electron chi connectivity index (χ1n) is 8.80. The Morgan fingerprint density at radius 3 is 2.86 bits per heavy atom. The summed E-state index contributed by atoms with van der Waals surface area (Å²) in [7, 11) is 0. The van der Waals surface area contributed by atoms with Crippen LogP contribution in [0, 0.1) is 13.8 Å². The smallest absolute Gasteiger partial charge is 0.233 e. The van der Waals surface area contributed by atoms with Crippen LogP contribution in [-0.2, 0) is 9.59 Å². The zero-order valence-electron chi connectivity index (χ0n) is 15.4. The van der Waals surface area contributed by atoms with Gasteiger partial charge in [0.05, 0.1) is 11.6 Å². The molecule has 1 aliphatic rings. The molecule has 0 bridgehead atoms. The molecule has 2 aromatic heterocycles. The third-order valence-electron chi connectivity index (χ3n) is 4.57. The molecular weight excluding hydrogens is 422 g/mol. The average molecular weight is 440 g/mol. The quantitative estimate of drug-likeness (QED) is 0.650. The van der Waals surface area contributed by atoms with Crippen LogP contribution in [0.25, 0.3) is 5.82 Å². The number of fused-ring (bicyclic) bond motifs is 1. The van der Waals surface area contributed by atoms with Gasteiger partial charge in [0.2, 0.25) is 11.8 Å². The van der Waals surface area contributed by atoms with Crippen LogP contribution in [0.1, 0.15) is 29.2 Å². The van der Waals surface area contributed by atoms with E-state index in [0.717, 1.165) is 21.3 Å². The van der Waals surface area contributed by atoms with Crippen LogP contribution in [0.5, 0.6) is 0 Å². The number of pyridine rings is 1. The summed E-state index contributed by atoms with van der Waals surface area (Å²) in [6.45, 7) is 3.82. The number of aryl methyl sites for hydroxylation is 2. The minimum atomic E-state index is -0.588. The van der Waals surface area contributed by atoms with E-state index in [0.29, 0.717) is 17.3 Å². The first kappa shape index (κ1) is 18.4. The lowest BCUT2D eigenvalue weighted by Gasteiger charge is -2.25. The molecule has 7 nitrogen and oxygen atoms in total. The summed E-state index contributed by atoms with van der Waals surface area (Å²) in [5, 5.41) is 10.2. The highest BCUT2D eigenvalue weighted by Gasteiger charge is 2.31. The van der Waals surface area contributed by atoms with Gasteiger partial charge in [-0.3, -0.25) is 9.59 Å². The lowest BCUT2D eigenvalue weighted by atomic mass is 9.90. The van der Waals surface area contributed by atoms with E-state index in [4.69, 9.17) is 0 Å². The lowest BCUT2D eigenvalue weighted by molar-refractivity contribution is -0.123. The third kappa shape index (κ3) is 3.55. The molecule has 8 heteroatoms. The SMILES string of the molecule is Cc1ccnc(-n2nc(C)cc2NC(=O)C2CC(=O)Nc3ccc(Br)cc32)c1. The van der Waals surface area contributed by atoms with Gasteiger partial charge in [0.25, 0.3) is 0 Å². The van der Waals surface area contributed by atoms with Crippen molar-refractivity contribution in [2.75, 3.05) is 10.6 Å². The number of carbonyl (C=O) groups excluding carboxylic acids is 2. The number of hydrogen-bond acceptors (Lipinski definition) is 4. The summed E-state index contributed by atoms with van der Waals surface area (Å²) in [5.74, 6) is 0.106. The van der Waals surface area contributed by atoms with Crippen molar-refractivity contribution in [3.63, 3.8) is 0 Å². The summed E-state index contributed by atoms with van der Waals surface area (Å²) in [5.41, 5.74) is 3.23. The number of halogens is 1. The Morgan fingerprint density at radius 2 is 2.07 bits per heavy atom. The molecule has 1 aromatic carbocycles. The van der Waals surface area contributed by atoms with Crippen LogP contribution < -0.4 is 10.6 Å². The van der Waals surface area contributed by atoms with Crippen LogP contribution in [-0.4, -0.2) is 26.6 Å². The molecule has 0 radical (unpaired) electrons. The second kappa shape index (κ2) is 7.20. The molecule has 0 fully saturated rings. The Morgan fingerprint density at radius 1 is 1.25 bits per heavy atom. The monoisotopic (exact) mass is 439 g/mol. The maximum Gasteiger partial charge on any atom is 0.233 e. The molecular formula is C20H18BrN5O2. The van der Waals surface area contributed by atoms with Crippen LogP contribution in [0.2, 0.25) is 0 Å². The van der Waals surface area contributed by atoms with Gasteiger partial charge in [-0.15, -0.1) is 0 Å². The minimum Gasteiger partial charge on any atom is -0.326 e. The average Bonchev–Trinajstić information content (AvgIpc) is 3.01. The fraction of sp³-hybridized carbons (Fsp3) is 0.200. The fourth-order valence-electron chi connectivity index (χ4n) is 3.28. The molecule has 2 N–H and O–H groups in total. The number of amides is 2. The van der Waals surface area contributed by atoms with Gasteiger partial charge in [-0.1, -0.05) is 15.9 Å². The predicted octanol–water partition coefficient (Wildman–Crippen LogP) is 3.71. The summed E-state index contributed by atoms with van der Waals surface area (Å²) in [4.78, 5) is 29.5. The second-order valence-corrected chi connectivity index (χ2v) is 7.72. The number of rotatable bonds is 3. The number of carbonyl (C=O) groups is 2. The number of benzene rings is 1. The van der Waals surface area contributed by atoms with Crippen molar-refractivity contribution >= 4 is 39.2 Å². The highest BCUT2D eigenvalue weighted by Crippen LogP contribution is 2.35. The number of anilines is 2. The molecule has 4 rings (SSSR count). The largest absolute Gasteiger partial charge is 0.326 e. The van der Waals surface area contributed by atoms with Crippen LogP contribution >= 0.6 is 15.9 Å². The van der Waals surface area contributed by atoms with E-state index < -0.39 is 5.92 Å². The number of hydrogen-bond donors (Lipinski definition) is 2. The zero-order valence-corrected chi connectivity index (χ0v) is 16.9. The molecule has 0 aliphatic carbocycles. The highest BCUT2D eigenvalue weighted by molar-refractivity contribution is 9.10. The summed E-state index contributed by atoms with van der Waals surface area (Å²) in [6.07, 6.45) is 1.79. The van der Waals surface area contributed by atoms with E-state index >= 15 is 0 Å². The van der Waals surface area contributed by atoms with E-state index in [1.54, 1.807) is 23.0 Å². The molecule has 0 spiro atoms. The maximum atomic E-state index is 13.1. The number of aromatic nitrogens is 3. The molecule has 3 heterocycles. The zero-order chi connectivity index (χ0) is 19.8. The van der Waals surface area contributed by atoms with Crippen molar-refractivity contribution in [1.29, 1.82) is 0 Å². The van der Waals surface area contributed by atoms with E-state index in [2.05, 4.69) is 36.6 Å². The molecule has 2 amide bonds. The van der Waals surface area contributed by atoms with Gasteiger partial charge in [-0.05, 0) is 55.3 Å². The van der Waals surface area contributed by atoms with Gasteiger partial charge in [0.15, 0.2) is 5.82 Å². The Hall–Kier alpha value is -3.00. The van der Waals surface area contributed by atoms with Crippen molar-refractivity contribution in [2.45, 2.75) is 26.2 Å². The van der Waals surface area contributed by atoms with Crippen molar-refractivity contribution in [1.82, 2.24) is 14.8 Å². The molecule has 1 unspecified atom stereocenters. The summed E-state index contributed by atoms with van der Waals surface area (Å²) < 4.78 is 2.45. The van der Waals surface area contributed by atoms with Gasteiger partial charge in [0, 0.05) is 28.8 Å².